The topological polar surface area (TPSA) is 63.3 Å². The summed E-state index contributed by atoms with van der Waals surface area (Å²) in [6, 6.07) is 5.19. The van der Waals surface area contributed by atoms with E-state index >= 15 is 0 Å². The number of carbonyl (C=O) groups excluding carboxylic acids is 1. The second-order valence-corrected chi connectivity index (χ2v) is 3.11. The van der Waals surface area contributed by atoms with Gasteiger partial charge in [0.2, 0.25) is 5.91 Å². The molecule has 3 heteroatoms. The number of amides is 1. The van der Waals surface area contributed by atoms with Gasteiger partial charge in [0.15, 0.2) is 0 Å². The van der Waals surface area contributed by atoms with Crippen molar-refractivity contribution < 1.29 is 9.90 Å². The largest absolute Gasteiger partial charge is 0.389 e. The van der Waals surface area contributed by atoms with Crippen LogP contribution in [0.3, 0.4) is 0 Å². The minimum absolute atomic E-state index is 0.458. The molecule has 1 aromatic rings. The summed E-state index contributed by atoms with van der Waals surface area (Å²) in [5.74, 6) is -0.458. The number of aliphatic hydroxyl groups excluding tert-OH is 1. The summed E-state index contributed by atoms with van der Waals surface area (Å²) in [7, 11) is 0. The van der Waals surface area contributed by atoms with Crippen LogP contribution < -0.4 is 5.73 Å². The van der Waals surface area contributed by atoms with Crippen LogP contribution in [0.4, 0.5) is 0 Å². The minimum Gasteiger partial charge on any atom is -0.389 e. The molecule has 0 spiro atoms. The molecule has 0 saturated heterocycles. The third-order valence-corrected chi connectivity index (χ3v) is 2.01. The van der Waals surface area contributed by atoms with Crippen LogP contribution in [0.1, 0.15) is 34.5 Å². The lowest BCUT2D eigenvalue weighted by Gasteiger charge is -2.07. The van der Waals surface area contributed by atoms with Crippen molar-refractivity contribution >= 4 is 5.91 Å². The molecule has 0 bridgehead atoms. The molecular weight excluding hydrogens is 166 g/mol. The molecule has 1 amide bonds. The molecule has 1 rings (SSSR count). The van der Waals surface area contributed by atoms with Gasteiger partial charge >= 0.3 is 0 Å². The Balaban J connectivity index is 3.19. The minimum atomic E-state index is -0.571. The normalized spacial score (nSPS) is 12.5. The maximum atomic E-state index is 10.9. The molecule has 0 heterocycles. The fourth-order valence-corrected chi connectivity index (χ4v) is 1.16. The highest BCUT2D eigenvalue weighted by Crippen LogP contribution is 2.16. The Bertz CT molecular complexity index is 332. The van der Waals surface area contributed by atoms with Gasteiger partial charge in [-0.1, -0.05) is 12.1 Å². The van der Waals surface area contributed by atoms with Crippen LogP contribution in [0, 0.1) is 6.92 Å². The van der Waals surface area contributed by atoms with Gasteiger partial charge in [-0.25, -0.2) is 0 Å². The van der Waals surface area contributed by atoms with Crippen LogP contribution >= 0.6 is 0 Å². The summed E-state index contributed by atoms with van der Waals surface area (Å²) < 4.78 is 0. The molecule has 1 atom stereocenters. The fourth-order valence-electron chi connectivity index (χ4n) is 1.16. The Labute approximate surface area is 77.2 Å². The maximum absolute atomic E-state index is 10.9. The van der Waals surface area contributed by atoms with Crippen molar-refractivity contribution in [2.45, 2.75) is 20.0 Å². The number of nitrogens with two attached hydrogens (primary N) is 1. The van der Waals surface area contributed by atoms with E-state index in [-0.39, 0.29) is 0 Å². The standard InChI is InChI=1S/C10H13NO2/c1-6-3-4-8(7(2)12)5-9(6)10(11)13/h3-5,7,12H,1-2H3,(H2,11,13)/t7-/m1/s1. The maximum Gasteiger partial charge on any atom is 0.248 e. The zero-order chi connectivity index (χ0) is 10.0. The monoisotopic (exact) mass is 179 g/mol. The molecule has 3 nitrogen and oxygen atoms in total. The molecule has 0 aliphatic rings. The molecule has 13 heavy (non-hydrogen) atoms. The number of aliphatic hydroxyl groups is 1. The first-order chi connectivity index (χ1) is 6.02. The first-order valence-corrected chi connectivity index (χ1v) is 4.11. The second kappa shape index (κ2) is 3.58. The van der Waals surface area contributed by atoms with E-state index in [0.29, 0.717) is 11.1 Å². The first-order valence-electron chi connectivity index (χ1n) is 4.11. The summed E-state index contributed by atoms with van der Waals surface area (Å²) in [5, 5.41) is 9.27. The summed E-state index contributed by atoms with van der Waals surface area (Å²) in [4.78, 5) is 10.9. The zero-order valence-corrected chi connectivity index (χ0v) is 7.74. The molecule has 0 radical (unpaired) electrons. The summed E-state index contributed by atoms with van der Waals surface area (Å²) >= 11 is 0. The van der Waals surface area contributed by atoms with Gasteiger partial charge in [0, 0.05) is 5.56 Å². The highest BCUT2D eigenvalue weighted by Gasteiger charge is 2.07. The Morgan fingerprint density at radius 1 is 1.54 bits per heavy atom. The molecule has 0 aliphatic heterocycles. The molecule has 0 aromatic heterocycles. The number of carbonyl (C=O) groups is 1. The predicted molar refractivity (Wildman–Crippen MR) is 50.3 cm³/mol. The fraction of sp³-hybridized carbons (Fsp3) is 0.300. The lowest BCUT2D eigenvalue weighted by Crippen LogP contribution is -2.13. The Hall–Kier alpha value is -1.35. The van der Waals surface area contributed by atoms with E-state index in [1.807, 2.05) is 6.92 Å². The molecule has 0 aliphatic carbocycles. The van der Waals surface area contributed by atoms with Crippen molar-refractivity contribution in [3.05, 3.63) is 34.9 Å². The van der Waals surface area contributed by atoms with Gasteiger partial charge in [-0.05, 0) is 31.0 Å². The molecule has 0 fully saturated rings. The Morgan fingerprint density at radius 3 is 2.62 bits per heavy atom. The molecule has 1 aromatic carbocycles. The lowest BCUT2D eigenvalue weighted by atomic mass is 10.0. The highest BCUT2D eigenvalue weighted by atomic mass is 16.3. The van der Waals surface area contributed by atoms with Gasteiger partial charge in [0.1, 0.15) is 0 Å². The van der Waals surface area contributed by atoms with Crippen LogP contribution in [-0.4, -0.2) is 11.0 Å². The SMILES string of the molecule is Cc1ccc([C@@H](C)O)cc1C(N)=O. The van der Waals surface area contributed by atoms with E-state index in [9.17, 15) is 9.90 Å². The van der Waals surface area contributed by atoms with Gasteiger partial charge in [-0.15, -0.1) is 0 Å². The average Bonchev–Trinajstić information content (AvgIpc) is 2.04. The van der Waals surface area contributed by atoms with Gasteiger partial charge in [-0.2, -0.15) is 0 Å². The van der Waals surface area contributed by atoms with Crippen LogP contribution in [0.25, 0.3) is 0 Å². The number of hydrogen-bond acceptors (Lipinski definition) is 2. The van der Waals surface area contributed by atoms with Crippen LogP contribution in [0.15, 0.2) is 18.2 Å². The number of hydrogen-bond donors (Lipinski definition) is 2. The number of rotatable bonds is 2. The smallest absolute Gasteiger partial charge is 0.248 e. The van der Waals surface area contributed by atoms with E-state index in [1.54, 1.807) is 25.1 Å². The zero-order valence-electron chi connectivity index (χ0n) is 7.74. The molecular formula is C10H13NO2. The van der Waals surface area contributed by atoms with Crippen LogP contribution in [0.2, 0.25) is 0 Å². The van der Waals surface area contributed by atoms with Crippen molar-refractivity contribution in [3.63, 3.8) is 0 Å². The number of aryl methyl sites for hydroxylation is 1. The lowest BCUT2D eigenvalue weighted by molar-refractivity contribution is 0.0999. The third kappa shape index (κ3) is 2.06. The summed E-state index contributed by atoms with van der Waals surface area (Å²) in [6.07, 6.45) is -0.571. The molecule has 3 N–H and O–H groups in total. The van der Waals surface area contributed by atoms with Crippen molar-refractivity contribution in [1.82, 2.24) is 0 Å². The van der Waals surface area contributed by atoms with Gasteiger partial charge in [0.05, 0.1) is 6.10 Å². The van der Waals surface area contributed by atoms with E-state index in [0.717, 1.165) is 5.56 Å². The third-order valence-electron chi connectivity index (χ3n) is 2.01. The van der Waals surface area contributed by atoms with E-state index in [4.69, 9.17) is 5.73 Å². The van der Waals surface area contributed by atoms with Gasteiger partial charge < -0.3 is 10.8 Å². The summed E-state index contributed by atoms with van der Waals surface area (Å²) in [6.45, 7) is 3.46. The Morgan fingerprint density at radius 2 is 2.15 bits per heavy atom. The average molecular weight is 179 g/mol. The second-order valence-electron chi connectivity index (χ2n) is 3.11. The quantitative estimate of drug-likeness (QED) is 0.715. The van der Waals surface area contributed by atoms with Crippen molar-refractivity contribution in [3.8, 4) is 0 Å². The molecule has 70 valence electrons. The summed E-state index contributed by atoms with van der Waals surface area (Å²) in [5.41, 5.74) is 7.17. The molecule has 0 saturated carbocycles. The predicted octanol–water partition coefficient (Wildman–Crippen LogP) is 1.15. The highest BCUT2D eigenvalue weighted by molar-refractivity contribution is 5.94. The van der Waals surface area contributed by atoms with E-state index in [1.165, 1.54) is 0 Å². The van der Waals surface area contributed by atoms with Crippen molar-refractivity contribution in [2.24, 2.45) is 5.73 Å². The number of primary amides is 1. The van der Waals surface area contributed by atoms with Crippen LogP contribution in [0.5, 0.6) is 0 Å². The van der Waals surface area contributed by atoms with Crippen molar-refractivity contribution in [1.29, 1.82) is 0 Å². The number of benzene rings is 1. The molecule has 0 unspecified atom stereocenters. The Kier molecular flexibility index (Phi) is 2.68. The first kappa shape index (κ1) is 9.74. The van der Waals surface area contributed by atoms with E-state index < -0.39 is 12.0 Å². The van der Waals surface area contributed by atoms with Gasteiger partial charge in [0.25, 0.3) is 0 Å². The van der Waals surface area contributed by atoms with Crippen LogP contribution in [-0.2, 0) is 0 Å². The van der Waals surface area contributed by atoms with E-state index in [2.05, 4.69) is 0 Å². The van der Waals surface area contributed by atoms with Gasteiger partial charge in [-0.3, -0.25) is 4.79 Å². The van der Waals surface area contributed by atoms with Crippen molar-refractivity contribution in [2.75, 3.05) is 0 Å².